The zero-order valence-electron chi connectivity index (χ0n) is 14.5. The van der Waals surface area contributed by atoms with Crippen molar-refractivity contribution in [2.24, 2.45) is 0 Å². The molecule has 0 atom stereocenters. The van der Waals surface area contributed by atoms with E-state index in [-0.39, 0.29) is 37.8 Å². The quantitative estimate of drug-likeness (QED) is 0.553. The van der Waals surface area contributed by atoms with Crippen LogP contribution in [0.15, 0.2) is 27.6 Å². The largest absolute Gasteiger partial charge is 0.395 e. The van der Waals surface area contributed by atoms with Gasteiger partial charge in [0.15, 0.2) is 5.65 Å². The molecule has 9 heteroatoms. The molecule has 0 bridgehead atoms. The number of aliphatic hydroxyl groups is 2. The van der Waals surface area contributed by atoms with Gasteiger partial charge in [-0.1, -0.05) is 15.9 Å². The van der Waals surface area contributed by atoms with E-state index in [0.29, 0.717) is 11.0 Å². The molecule has 3 rings (SSSR count). The van der Waals surface area contributed by atoms with Gasteiger partial charge < -0.3 is 15.1 Å². The van der Waals surface area contributed by atoms with Crippen LogP contribution in [0.4, 0.5) is 5.95 Å². The van der Waals surface area contributed by atoms with Crippen LogP contribution in [0.25, 0.3) is 16.7 Å². The molecule has 2 aromatic heterocycles. The highest BCUT2D eigenvalue weighted by atomic mass is 79.9. The molecule has 0 aliphatic rings. The summed E-state index contributed by atoms with van der Waals surface area (Å²) in [7, 11) is 0. The second-order valence-corrected chi connectivity index (χ2v) is 6.94. The van der Waals surface area contributed by atoms with E-state index in [0.717, 1.165) is 21.3 Å². The molecule has 0 saturated carbocycles. The predicted octanol–water partition coefficient (Wildman–Crippen LogP) is 1.28. The summed E-state index contributed by atoms with van der Waals surface area (Å²) in [5, 5.41) is 23.2. The molecule has 138 valence electrons. The first-order chi connectivity index (χ1) is 12.4. The van der Waals surface area contributed by atoms with Crippen LogP contribution in [-0.4, -0.2) is 56.3 Å². The van der Waals surface area contributed by atoms with E-state index >= 15 is 0 Å². The van der Waals surface area contributed by atoms with Crippen molar-refractivity contribution in [3.05, 3.63) is 44.3 Å². The molecule has 0 fully saturated rings. The fraction of sp³-hybridized carbons (Fsp3) is 0.353. The lowest BCUT2D eigenvalue weighted by atomic mass is 10.1. The zero-order valence-corrected chi connectivity index (χ0v) is 16.1. The van der Waals surface area contributed by atoms with Gasteiger partial charge in [0.25, 0.3) is 5.56 Å². The van der Waals surface area contributed by atoms with Crippen LogP contribution in [0.5, 0.6) is 0 Å². The average molecular weight is 422 g/mol. The zero-order chi connectivity index (χ0) is 18.8. The van der Waals surface area contributed by atoms with Crippen molar-refractivity contribution in [1.29, 1.82) is 0 Å². The van der Waals surface area contributed by atoms with Crippen molar-refractivity contribution >= 4 is 32.9 Å². The van der Waals surface area contributed by atoms with Crippen LogP contribution in [0.1, 0.15) is 11.1 Å². The van der Waals surface area contributed by atoms with Gasteiger partial charge in [0.2, 0.25) is 5.95 Å². The summed E-state index contributed by atoms with van der Waals surface area (Å²) in [4.78, 5) is 21.2. The SMILES string of the molecule is Cc1cc(Br)cc(C)c1-n1cc2c(=O)[nH]c(N(CCO)CCO)nc2n1. The molecule has 1 aromatic carbocycles. The number of rotatable bonds is 6. The topological polar surface area (TPSA) is 107 Å². The summed E-state index contributed by atoms with van der Waals surface area (Å²) in [5.41, 5.74) is 2.93. The lowest BCUT2D eigenvalue weighted by molar-refractivity contribution is 0.280. The first kappa shape index (κ1) is 18.6. The Balaban J connectivity index is 2.13. The number of fused-ring (bicyclic) bond motifs is 1. The summed E-state index contributed by atoms with van der Waals surface area (Å²) in [6.45, 7) is 4.22. The van der Waals surface area contributed by atoms with Gasteiger partial charge in [0, 0.05) is 23.8 Å². The Labute approximate surface area is 158 Å². The summed E-state index contributed by atoms with van der Waals surface area (Å²) in [6.07, 6.45) is 1.66. The summed E-state index contributed by atoms with van der Waals surface area (Å²) in [5.74, 6) is 0.278. The van der Waals surface area contributed by atoms with Crippen molar-refractivity contribution in [2.75, 3.05) is 31.2 Å². The summed E-state index contributed by atoms with van der Waals surface area (Å²) < 4.78 is 2.64. The maximum atomic E-state index is 12.5. The third-order valence-corrected chi connectivity index (χ3v) is 4.56. The lowest BCUT2D eigenvalue weighted by Gasteiger charge is -2.20. The number of aromatic amines is 1. The number of halogens is 1. The first-order valence-corrected chi connectivity index (χ1v) is 8.97. The van der Waals surface area contributed by atoms with Gasteiger partial charge in [-0.3, -0.25) is 9.78 Å². The third-order valence-electron chi connectivity index (χ3n) is 4.10. The monoisotopic (exact) mass is 421 g/mol. The molecule has 0 radical (unpaired) electrons. The Bertz CT molecular complexity index is 969. The number of nitrogens with zero attached hydrogens (tertiary/aromatic N) is 4. The van der Waals surface area contributed by atoms with Crippen LogP contribution in [0.2, 0.25) is 0 Å². The third kappa shape index (κ3) is 3.50. The Kier molecular flexibility index (Phi) is 5.40. The van der Waals surface area contributed by atoms with Crippen molar-refractivity contribution in [1.82, 2.24) is 19.7 Å². The minimum absolute atomic E-state index is 0.118. The van der Waals surface area contributed by atoms with E-state index in [1.54, 1.807) is 15.8 Å². The number of aliphatic hydroxyl groups excluding tert-OH is 2. The summed E-state index contributed by atoms with van der Waals surface area (Å²) in [6, 6.07) is 3.98. The molecule has 3 N–H and O–H groups in total. The van der Waals surface area contributed by atoms with E-state index in [9.17, 15) is 15.0 Å². The standard InChI is InChI=1S/C17H20BrN5O3/c1-10-7-12(18)8-11(2)14(10)23-9-13-15(21-23)19-17(20-16(13)26)22(3-5-24)4-6-25/h7-9,24-25H,3-6H2,1-2H3,(H,19,20,21,26). The van der Waals surface area contributed by atoms with Gasteiger partial charge >= 0.3 is 0 Å². The van der Waals surface area contributed by atoms with E-state index < -0.39 is 0 Å². The number of hydrogen-bond donors (Lipinski definition) is 3. The molecular weight excluding hydrogens is 402 g/mol. The molecule has 0 unspecified atom stereocenters. The van der Waals surface area contributed by atoms with Crippen molar-refractivity contribution < 1.29 is 10.2 Å². The van der Waals surface area contributed by atoms with E-state index in [2.05, 4.69) is 31.0 Å². The van der Waals surface area contributed by atoms with Crippen molar-refractivity contribution in [2.45, 2.75) is 13.8 Å². The molecule has 0 aliphatic heterocycles. The second-order valence-electron chi connectivity index (χ2n) is 6.02. The molecule has 0 aliphatic carbocycles. The number of nitrogens with one attached hydrogen (secondary N) is 1. The molecule has 8 nitrogen and oxygen atoms in total. The second kappa shape index (κ2) is 7.56. The molecule has 0 spiro atoms. The number of anilines is 1. The van der Waals surface area contributed by atoms with Crippen molar-refractivity contribution in [3.8, 4) is 5.69 Å². The van der Waals surface area contributed by atoms with Gasteiger partial charge in [-0.05, 0) is 37.1 Å². The molecule has 3 aromatic rings. The summed E-state index contributed by atoms with van der Waals surface area (Å²) >= 11 is 3.48. The van der Waals surface area contributed by atoms with E-state index in [1.807, 2.05) is 26.0 Å². The van der Waals surface area contributed by atoms with Crippen LogP contribution < -0.4 is 10.5 Å². The highest BCUT2D eigenvalue weighted by Gasteiger charge is 2.15. The average Bonchev–Trinajstić information content (AvgIpc) is 2.97. The molecule has 0 saturated heterocycles. The number of hydrogen-bond acceptors (Lipinski definition) is 6. The van der Waals surface area contributed by atoms with E-state index in [1.165, 1.54) is 0 Å². The molecule has 26 heavy (non-hydrogen) atoms. The normalized spacial score (nSPS) is 11.3. The van der Waals surface area contributed by atoms with Gasteiger partial charge in [-0.25, -0.2) is 4.68 Å². The Morgan fingerprint density at radius 2 is 1.81 bits per heavy atom. The van der Waals surface area contributed by atoms with Crippen molar-refractivity contribution in [3.63, 3.8) is 0 Å². The number of benzene rings is 1. The Hall–Kier alpha value is -2.23. The van der Waals surface area contributed by atoms with Gasteiger partial charge in [-0.15, -0.1) is 5.10 Å². The van der Waals surface area contributed by atoms with Gasteiger partial charge in [-0.2, -0.15) is 4.98 Å². The highest BCUT2D eigenvalue weighted by Crippen LogP contribution is 2.24. The van der Waals surface area contributed by atoms with Gasteiger partial charge in [0.1, 0.15) is 5.39 Å². The molecule has 0 amide bonds. The lowest BCUT2D eigenvalue weighted by Crippen LogP contribution is -2.32. The van der Waals surface area contributed by atoms with Crippen LogP contribution in [-0.2, 0) is 0 Å². The van der Waals surface area contributed by atoms with Crippen LogP contribution in [0, 0.1) is 13.8 Å². The van der Waals surface area contributed by atoms with E-state index in [4.69, 9.17) is 0 Å². The maximum absolute atomic E-state index is 12.5. The molecular formula is C17H20BrN5O3. The minimum atomic E-state index is -0.315. The fourth-order valence-electron chi connectivity index (χ4n) is 3.00. The minimum Gasteiger partial charge on any atom is -0.395 e. The Morgan fingerprint density at radius 1 is 1.19 bits per heavy atom. The highest BCUT2D eigenvalue weighted by molar-refractivity contribution is 9.10. The molecule has 2 heterocycles. The number of aryl methyl sites for hydroxylation is 2. The number of aromatic nitrogens is 4. The van der Waals surface area contributed by atoms with Crippen LogP contribution in [0.3, 0.4) is 0 Å². The predicted molar refractivity (Wildman–Crippen MR) is 103 cm³/mol. The maximum Gasteiger partial charge on any atom is 0.263 e. The smallest absolute Gasteiger partial charge is 0.263 e. The first-order valence-electron chi connectivity index (χ1n) is 8.18. The van der Waals surface area contributed by atoms with Crippen LogP contribution >= 0.6 is 15.9 Å². The number of H-pyrrole nitrogens is 1. The fourth-order valence-corrected chi connectivity index (χ4v) is 3.69. The Morgan fingerprint density at radius 3 is 2.38 bits per heavy atom. The van der Waals surface area contributed by atoms with Gasteiger partial charge in [0.05, 0.1) is 18.9 Å².